The van der Waals surface area contributed by atoms with Crippen LogP contribution in [0, 0.1) is 0 Å². The van der Waals surface area contributed by atoms with Gasteiger partial charge in [0.2, 0.25) is 5.91 Å². The Kier molecular flexibility index (Phi) is 5.86. The van der Waals surface area contributed by atoms with Gasteiger partial charge in [-0.15, -0.1) is 11.3 Å². The maximum absolute atomic E-state index is 12.9. The number of hydrogen-bond acceptors (Lipinski definition) is 4. The van der Waals surface area contributed by atoms with Crippen molar-refractivity contribution in [1.82, 2.24) is 15.3 Å². The van der Waals surface area contributed by atoms with Gasteiger partial charge in [0.05, 0.1) is 16.9 Å². The van der Waals surface area contributed by atoms with E-state index >= 15 is 0 Å². The molecule has 0 aliphatic heterocycles. The van der Waals surface area contributed by atoms with Gasteiger partial charge >= 0.3 is 0 Å². The minimum absolute atomic E-state index is 0.0584. The van der Waals surface area contributed by atoms with Crippen molar-refractivity contribution in [3.63, 3.8) is 0 Å². The van der Waals surface area contributed by atoms with E-state index in [0.717, 1.165) is 23.3 Å². The van der Waals surface area contributed by atoms with Gasteiger partial charge in [0, 0.05) is 17.7 Å². The summed E-state index contributed by atoms with van der Waals surface area (Å²) in [5.74, 6) is 0.474. The molecule has 2 heterocycles. The maximum Gasteiger partial charge on any atom is 0.258 e. The molecule has 6 heteroatoms. The lowest BCUT2D eigenvalue weighted by molar-refractivity contribution is -0.121. The first-order chi connectivity index (χ1) is 15.7. The number of nitrogens with one attached hydrogen (secondary N) is 2. The summed E-state index contributed by atoms with van der Waals surface area (Å²) in [7, 11) is 0. The second-order valence-corrected chi connectivity index (χ2v) is 9.26. The molecule has 2 aromatic heterocycles. The average molecular weight is 444 g/mol. The Morgan fingerprint density at radius 2 is 1.91 bits per heavy atom. The quantitative estimate of drug-likeness (QED) is 0.454. The van der Waals surface area contributed by atoms with Crippen LogP contribution < -0.4 is 10.9 Å². The molecule has 5 rings (SSSR count). The van der Waals surface area contributed by atoms with Gasteiger partial charge in [-0.1, -0.05) is 36.4 Å². The molecule has 1 amide bonds. The number of carbonyl (C=O) groups is 1. The van der Waals surface area contributed by atoms with Crippen LogP contribution in [0.25, 0.3) is 10.9 Å². The number of fused-ring (bicyclic) bond motifs is 2. The summed E-state index contributed by atoms with van der Waals surface area (Å²) in [6.45, 7) is 0. The topological polar surface area (TPSA) is 74.8 Å². The zero-order valence-electron chi connectivity index (χ0n) is 17.8. The van der Waals surface area contributed by atoms with Gasteiger partial charge in [0.1, 0.15) is 5.82 Å². The van der Waals surface area contributed by atoms with Gasteiger partial charge in [-0.3, -0.25) is 9.59 Å². The van der Waals surface area contributed by atoms with Gasteiger partial charge in [0.15, 0.2) is 0 Å². The molecule has 1 aliphatic carbocycles. The number of benzene rings is 2. The number of nitrogens with zero attached hydrogens (tertiary/aromatic N) is 1. The van der Waals surface area contributed by atoms with E-state index < -0.39 is 0 Å². The normalized spacial score (nSPS) is 14.1. The summed E-state index contributed by atoms with van der Waals surface area (Å²) in [4.78, 5) is 33.6. The molecule has 4 aromatic rings. The van der Waals surface area contributed by atoms with E-state index in [4.69, 9.17) is 0 Å². The van der Waals surface area contributed by atoms with Crippen LogP contribution in [-0.4, -0.2) is 15.9 Å². The Morgan fingerprint density at radius 1 is 1.06 bits per heavy atom. The predicted molar refractivity (Wildman–Crippen MR) is 128 cm³/mol. The third-order valence-electron chi connectivity index (χ3n) is 6.09. The first-order valence-corrected chi connectivity index (χ1v) is 12.0. The highest BCUT2D eigenvalue weighted by Crippen LogP contribution is 2.30. The number of amides is 1. The highest BCUT2D eigenvalue weighted by molar-refractivity contribution is 7.10. The molecule has 0 spiro atoms. The summed E-state index contributed by atoms with van der Waals surface area (Å²) >= 11 is 1.65. The van der Waals surface area contributed by atoms with Crippen LogP contribution >= 0.6 is 11.3 Å². The van der Waals surface area contributed by atoms with Crippen molar-refractivity contribution in [2.75, 3.05) is 0 Å². The number of aryl methyl sites for hydroxylation is 3. The number of carbonyl (C=O) groups excluding carboxylic acids is 1. The number of aromatic nitrogens is 2. The number of rotatable bonds is 6. The van der Waals surface area contributed by atoms with Crippen molar-refractivity contribution < 1.29 is 4.79 Å². The number of aromatic amines is 1. The highest BCUT2D eigenvalue weighted by Gasteiger charge is 2.20. The third kappa shape index (κ3) is 4.36. The number of thiophene rings is 1. The van der Waals surface area contributed by atoms with Crippen LogP contribution in [0.2, 0.25) is 0 Å². The molecule has 2 N–H and O–H groups in total. The highest BCUT2D eigenvalue weighted by atomic mass is 32.1. The number of H-pyrrole nitrogens is 1. The molecule has 0 bridgehead atoms. The Hall–Kier alpha value is -3.25. The summed E-state index contributed by atoms with van der Waals surface area (Å²) in [6, 6.07) is 17.8. The SMILES string of the molecule is O=C(CCc1nc2ccccc2c(=O)[nH]1)NC(c1ccc2c(c1)CCCC2)c1cccs1. The van der Waals surface area contributed by atoms with E-state index in [0.29, 0.717) is 23.1 Å². The zero-order chi connectivity index (χ0) is 21.9. The fourth-order valence-corrected chi connectivity index (χ4v) is 5.23. The van der Waals surface area contributed by atoms with Crippen molar-refractivity contribution in [1.29, 1.82) is 0 Å². The fourth-order valence-electron chi connectivity index (χ4n) is 4.43. The second-order valence-electron chi connectivity index (χ2n) is 8.28. The van der Waals surface area contributed by atoms with E-state index in [9.17, 15) is 9.59 Å². The summed E-state index contributed by atoms with van der Waals surface area (Å²) in [5, 5.41) is 5.82. The molecular formula is C26H25N3O2S. The van der Waals surface area contributed by atoms with Crippen LogP contribution in [-0.2, 0) is 24.1 Å². The Labute approximate surface area is 190 Å². The maximum atomic E-state index is 12.9. The van der Waals surface area contributed by atoms with E-state index in [1.165, 1.54) is 24.0 Å². The molecule has 0 saturated heterocycles. The summed E-state index contributed by atoms with van der Waals surface area (Å²) in [5.41, 5.74) is 4.44. The van der Waals surface area contributed by atoms with E-state index in [2.05, 4.69) is 39.6 Å². The van der Waals surface area contributed by atoms with Crippen molar-refractivity contribution in [2.45, 2.75) is 44.6 Å². The lowest BCUT2D eigenvalue weighted by atomic mass is 9.89. The standard InChI is InChI=1S/C26H25N3O2S/c30-24(14-13-23-27-21-9-4-3-8-20(21)26(31)28-23)29-25(22-10-5-15-32-22)19-12-11-17-6-1-2-7-18(17)16-19/h3-5,8-12,15-16,25H,1-2,6-7,13-14H2,(H,29,30)(H,27,28,31). The molecule has 2 aromatic carbocycles. The van der Waals surface area contributed by atoms with Crippen molar-refractivity contribution in [3.8, 4) is 0 Å². The van der Waals surface area contributed by atoms with Gasteiger partial charge < -0.3 is 10.3 Å². The van der Waals surface area contributed by atoms with Gasteiger partial charge in [-0.05, 0) is 66.0 Å². The minimum atomic E-state index is -0.170. The first kappa shape index (κ1) is 20.6. The van der Waals surface area contributed by atoms with Crippen LogP contribution in [0.5, 0.6) is 0 Å². The van der Waals surface area contributed by atoms with Crippen molar-refractivity contribution in [2.24, 2.45) is 0 Å². The average Bonchev–Trinajstić information content (AvgIpc) is 3.36. The molecule has 32 heavy (non-hydrogen) atoms. The molecule has 1 aliphatic rings. The molecule has 0 radical (unpaired) electrons. The predicted octanol–water partition coefficient (Wildman–Crippen LogP) is 4.70. The van der Waals surface area contributed by atoms with Crippen molar-refractivity contribution >= 4 is 28.1 Å². The molecule has 5 nitrogen and oxygen atoms in total. The third-order valence-corrected chi connectivity index (χ3v) is 7.03. The summed E-state index contributed by atoms with van der Waals surface area (Å²) < 4.78 is 0. The molecule has 1 atom stereocenters. The Balaban J connectivity index is 1.33. The molecule has 162 valence electrons. The lowest BCUT2D eigenvalue weighted by Gasteiger charge is -2.22. The Bertz CT molecular complexity index is 1310. The van der Waals surface area contributed by atoms with Gasteiger partial charge in [-0.25, -0.2) is 4.98 Å². The second kappa shape index (κ2) is 9.09. The number of hydrogen-bond donors (Lipinski definition) is 2. The number of para-hydroxylation sites is 1. The largest absolute Gasteiger partial charge is 0.344 e. The summed E-state index contributed by atoms with van der Waals surface area (Å²) in [6.07, 6.45) is 5.37. The van der Waals surface area contributed by atoms with E-state index in [1.54, 1.807) is 17.4 Å². The minimum Gasteiger partial charge on any atom is -0.344 e. The van der Waals surface area contributed by atoms with Crippen LogP contribution in [0.4, 0.5) is 0 Å². The molecule has 0 fully saturated rings. The van der Waals surface area contributed by atoms with Crippen LogP contribution in [0.1, 0.15) is 52.7 Å². The molecular weight excluding hydrogens is 418 g/mol. The van der Waals surface area contributed by atoms with Crippen molar-refractivity contribution in [3.05, 3.63) is 97.7 Å². The van der Waals surface area contributed by atoms with Crippen LogP contribution in [0.3, 0.4) is 0 Å². The smallest absolute Gasteiger partial charge is 0.258 e. The van der Waals surface area contributed by atoms with E-state index in [-0.39, 0.29) is 23.9 Å². The lowest BCUT2D eigenvalue weighted by Crippen LogP contribution is -2.29. The fraction of sp³-hybridized carbons (Fsp3) is 0.269. The Morgan fingerprint density at radius 3 is 2.75 bits per heavy atom. The molecule has 0 saturated carbocycles. The molecule has 1 unspecified atom stereocenters. The zero-order valence-corrected chi connectivity index (χ0v) is 18.6. The monoisotopic (exact) mass is 443 g/mol. The van der Waals surface area contributed by atoms with Crippen LogP contribution in [0.15, 0.2) is 64.8 Å². The first-order valence-electron chi connectivity index (χ1n) is 11.1. The van der Waals surface area contributed by atoms with E-state index in [1.807, 2.05) is 29.6 Å². The van der Waals surface area contributed by atoms with Gasteiger partial charge in [0.25, 0.3) is 5.56 Å². The van der Waals surface area contributed by atoms with Gasteiger partial charge in [-0.2, -0.15) is 0 Å².